The third-order valence-corrected chi connectivity index (χ3v) is 4.05. The SMILES string of the molecule is Cc1nnc2c(-c3cnn(C)c3)nc(-c3ccc(C(F)(F)F)cc3)cn12. The van der Waals surface area contributed by atoms with Crippen molar-refractivity contribution in [3.05, 3.63) is 54.2 Å². The molecular formula is C17H13F3N6. The highest BCUT2D eigenvalue weighted by Gasteiger charge is 2.30. The van der Waals surface area contributed by atoms with Crippen molar-refractivity contribution in [2.75, 3.05) is 0 Å². The number of benzene rings is 1. The lowest BCUT2D eigenvalue weighted by Crippen LogP contribution is -2.04. The Morgan fingerprint density at radius 2 is 1.69 bits per heavy atom. The number of alkyl halides is 3. The van der Waals surface area contributed by atoms with E-state index in [-0.39, 0.29) is 0 Å². The van der Waals surface area contributed by atoms with E-state index in [2.05, 4.69) is 20.3 Å². The maximum absolute atomic E-state index is 12.8. The van der Waals surface area contributed by atoms with Crippen molar-refractivity contribution >= 4 is 5.65 Å². The van der Waals surface area contributed by atoms with Gasteiger partial charge in [0.05, 0.1) is 17.5 Å². The number of aryl methyl sites for hydroxylation is 2. The molecule has 3 aromatic heterocycles. The molecule has 0 unspecified atom stereocenters. The van der Waals surface area contributed by atoms with Crippen molar-refractivity contribution in [3.8, 4) is 22.5 Å². The Morgan fingerprint density at radius 3 is 2.31 bits per heavy atom. The molecule has 0 aliphatic carbocycles. The molecule has 0 spiro atoms. The van der Waals surface area contributed by atoms with Crippen molar-refractivity contribution < 1.29 is 13.2 Å². The van der Waals surface area contributed by atoms with Gasteiger partial charge in [0.2, 0.25) is 0 Å². The summed E-state index contributed by atoms with van der Waals surface area (Å²) in [6, 6.07) is 4.90. The first-order valence-corrected chi connectivity index (χ1v) is 7.72. The Kier molecular flexibility index (Phi) is 3.53. The summed E-state index contributed by atoms with van der Waals surface area (Å²) in [7, 11) is 1.79. The average Bonchev–Trinajstić information content (AvgIpc) is 3.20. The molecule has 9 heteroatoms. The lowest BCUT2D eigenvalue weighted by molar-refractivity contribution is -0.137. The summed E-state index contributed by atoms with van der Waals surface area (Å²) in [6.45, 7) is 1.80. The zero-order valence-electron chi connectivity index (χ0n) is 13.9. The number of fused-ring (bicyclic) bond motifs is 1. The van der Waals surface area contributed by atoms with Gasteiger partial charge in [-0.1, -0.05) is 12.1 Å². The molecule has 0 saturated carbocycles. The van der Waals surface area contributed by atoms with Gasteiger partial charge >= 0.3 is 6.18 Å². The van der Waals surface area contributed by atoms with E-state index in [1.54, 1.807) is 41.6 Å². The van der Waals surface area contributed by atoms with Crippen molar-refractivity contribution in [1.29, 1.82) is 0 Å². The molecule has 0 amide bonds. The first-order valence-electron chi connectivity index (χ1n) is 7.72. The third-order valence-electron chi connectivity index (χ3n) is 4.05. The van der Waals surface area contributed by atoms with E-state index in [1.165, 1.54) is 12.1 Å². The molecule has 4 rings (SSSR count). The molecule has 0 saturated heterocycles. The zero-order valence-corrected chi connectivity index (χ0v) is 13.9. The van der Waals surface area contributed by atoms with Crippen LogP contribution in [-0.2, 0) is 13.2 Å². The fourth-order valence-electron chi connectivity index (χ4n) is 2.71. The van der Waals surface area contributed by atoms with Gasteiger partial charge in [-0.2, -0.15) is 18.3 Å². The average molecular weight is 358 g/mol. The third kappa shape index (κ3) is 2.71. The first-order chi connectivity index (χ1) is 12.3. The second-order valence-corrected chi connectivity index (χ2v) is 5.89. The van der Waals surface area contributed by atoms with Crippen LogP contribution in [-0.4, -0.2) is 29.4 Å². The molecule has 0 radical (unpaired) electrons. The molecule has 0 aliphatic rings. The van der Waals surface area contributed by atoms with E-state index in [9.17, 15) is 13.2 Å². The first kappa shape index (κ1) is 16.2. The molecule has 3 heterocycles. The quantitative estimate of drug-likeness (QED) is 0.550. The second-order valence-electron chi connectivity index (χ2n) is 5.89. The minimum Gasteiger partial charge on any atom is -0.283 e. The van der Waals surface area contributed by atoms with Crippen LogP contribution in [0.15, 0.2) is 42.9 Å². The Morgan fingerprint density at radius 1 is 0.962 bits per heavy atom. The molecule has 26 heavy (non-hydrogen) atoms. The van der Waals surface area contributed by atoms with Gasteiger partial charge < -0.3 is 0 Å². The summed E-state index contributed by atoms with van der Waals surface area (Å²) in [6.07, 6.45) is 0.792. The number of nitrogens with zero attached hydrogens (tertiary/aromatic N) is 6. The Balaban J connectivity index is 1.89. The topological polar surface area (TPSA) is 60.9 Å². The summed E-state index contributed by atoms with van der Waals surface area (Å²) in [5.41, 5.74) is 2.27. The fourth-order valence-corrected chi connectivity index (χ4v) is 2.71. The predicted molar refractivity (Wildman–Crippen MR) is 88.2 cm³/mol. The molecule has 0 N–H and O–H groups in total. The highest BCUT2D eigenvalue weighted by Crippen LogP contribution is 2.31. The van der Waals surface area contributed by atoms with Crippen LogP contribution in [0.4, 0.5) is 13.2 Å². The van der Waals surface area contributed by atoms with Gasteiger partial charge in [-0.3, -0.25) is 9.08 Å². The second kappa shape index (κ2) is 5.65. The van der Waals surface area contributed by atoms with Crippen molar-refractivity contribution in [2.24, 2.45) is 7.05 Å². The Bertz CT molecular complexity index is 1090. The van der Waals surface area contributed by atoms with Crippen LogP contribution in [0.5, 0.6) is 0 Å². The molecule has 1 aromatic carbocycles. The molecule has 0 aliphatic heterocycles. The van der Waals surface area contributed by atoms with Crippen molar-refractivity contribution in [2.45, 2.75) is 13.1 Å². The highest BCUT2D eigenvalue weighted by molar-refractivity contribution is 5.76. The summed E-state index contributed by atoms with van der Waals surface area (Å²) < 4.78 is 41.8. The molecule has 6 nitrogen and oxygen atoms in total. The van der Waals surface area contributed by atoms with E-state index < -0.39 is 11.7 Å². The summed E-state index contributed by atoms with van der Waals surface area (Å²) in [4.78, 5) is 4.60. The maximum Gasteiger partial charge on any atom is 0.416 e. The predicted octanol–water partition coefficient (Wildman–Crippen LogP) is 3.52. The van der Waals surface area contributed by atoms with Crippen molar-refractivity contribution in [1.82, 2.24) is 29.4 Å². The maximum atomic E-state index is 12.8. The molecular weight excluding hydrogens is 345 g/mol. The van der Waals surface area contributed by atoms with Gasteiger partial charge in [-0.25, -0.2) is 4.98 Å². The van der Waals surface area contributed by atoms with Crippen molar-refractivity contribution in [3.63, 3.8) is 0 Å². The molecule has 132 valence electrons. The Labute approximate surface area is 145 Å². The van der Waals surface area contributed by atoms with Crippen LogP contribution in [0.3, 0.4) is 0 Å². The summed E-state index contributed by atoms with van der Waals surface area (Å²) in [5.74, 6) is 0.653. The molecule has 4 aromatic rings. The van der Waals surface area contributed by atoms with E-state index in [1.807, 2.05) is 0 Å². The standard InChI is InChI=1S/C17H13F3N6/c1-10-23-24-16-15(12-7-21-25(2)8-12)22-14(9-26(10)16)11-3-5-13(6-4-11)17(18,19)20/h3-9H,1-2H3. The van der Waals surface area contributed by atoms with Crippen LogP contribution < -0.4 is 0 Å². The largest absolute Gasteiger partial charge is 0.416 e. The van der Waals surface area contributed by atoms with E-state index in [0.717, 1.165) is 17.7 Å². The smallest absolute Gasteiger partial charge is 0.283 e. The number of rotatable bonds is 2. The van der Waals surface area contributed by atoms with Gasteiger partial charge in [-0.05, 0) is 19.1 Å². The number of halogens is 3. The highest BCUT2D eigenvalue weighted by atomic mass is 19.4. The van der Waals surface area contributed by atoms with E-state index in [0.29, 0.717) is 28.4 Å². The van der Waals surface area contributed by atoms with Gasteiger partial charge in [0.1, 0.15) is 11.5 Å². The minimum atomic E-state index is -4.37. The van der Waals surface area contributed by atoms with Crippen LogP contribution in [0.1, 0.15) is 11.4 Å². The fraction of sp³-hybridized carbons (Fsp3) is 0.176. The van der Waals surface area contributed by atoms with E-state index >= 15 is 0 Å². The minimum absolute atomic E-state index is 0.521. The lowest BCUT2D eigenvalue weighted by atomic mass is 10.1. The summed E-state index contributed by atoms with van der Waals surface area (Å²) >= 11 is 0. The molecule has 0 bridgehead atoms. The van der Waals surface area contributed by atoms with Gasteiger partial charge in [0.15, 0.2) is 5.65 Å². The van der Waals surface area contributed by atoms with Crippen LogP contribution in [0.25, 0.3) is 28.2 Å². The van der Waals surface area contributed by atoms with Gasteiger partial charge in [0, 0.05) is 30.6 Å². The van der Waals surface area contributed by atoms with Gasteiger partial charge in [-0.15, -0.1) is 10.2 Å². The lowest BCUT2D eigenvalue weighted by Gasteiger charge is -2.09. The number of aromatic nitrogens is 6. The van der Waals surface area contributed by atoms with Crippen LogP contribution in [0, 0.1) is 6.92 Å². The molecule has 0 fully saturated rings. The van der Waals surface area contributed by atoms with Crippen LogP contribution >= 0.6 is 0 Å². The number of hydrogen-bond donors (Lipinski definition) is 0. The zero-order chi connectivity index (χ0) is 18.5. The van der Waals surface area contributed by atoms with Gasteiger partial charge in [0.25, 0.3) is 0 Å². The van der Waals surface area contributed by atoms with E-state index in [4.69, 9.17) is 0 Å². The molecule has 0 atom stereocenters. The number of hydrogen-bond acceptors (Lipinski definition) is 4. The Hall–Kier alpha value is -3.23. The van der Waals surface area contributed by atoms with Crippen LogP contribution in [0.2, 0.25) is 0 Å². The summed E-state index contributed by atoms with van der Waals surface area (Å²) in [5, 5.41) is 12.4. The monoisotopic (exact) mass is 358 g/mol. The normalized spacial score (nSPS) is 12.0.